The first-order valence-corrected chi connectivity index (χ1v) is 8.03. The van der Waals surface area contributed by atoms with Crippen LogP contribution in [0.5, 0.6) is 11.5 Å². The molecule has 0 atom stereocenters. The molecule has 0 fully saturated rings. The molecule has 0 saturated carbocycles. The van der Waals surface area contributed by atoms with Crippen LogP contribution in [0.25, 0.3) is 22.6 Å². The maximum absolute atomic E-state index is 11.1. The maximum Gasteiger partial charge on any atom is 0.347 e. The Hall–Kier alpha value is -3.28. The van der Waals surface area contributed by atoms with Crippen molar-refractivity contribution in [3.8, 4) is 34.1 Å². The first-order chi connectivity index (χ1) is 12.4. The number of aliphatic carboxylic acids is 1. The Labute approximate surface area is 151 Å². The zero-order valence-corrected chi connectivity index (χ0v) is 14.7. The molecule has 0 unspecified atom stereocenters. The monoisotopic (exact) mass is 353 g/mol. The van der Waals surface area contributed by atoms with Gasteiger partial charge in [0.05, 0.1) is 7.11 Å². The summed E-state index contributed by atoms with van der Waals surface area (Å²) in [5.41, 5.74) is 1.02. The third kappa shape index (κ3) is 3.54. The van der Waals surface area contributed by atoms with E-state index < -0.39 is 11.6 Å². The molecule has 134 valence electrons. The SMILES string of the molecule is COc1ccccc1-c1cc(-c2ccc(OC(C)(C)C(=O)O)cc2)on1. The van der Waals surface area contributed by atoms with Gasteiger partial charge in [0.25, 0.3) is 0 Å². The van der Waals surface area contributed by atoms with E-state index in [0.717, 1.165) is 11.1 Å². The molecule has 1 heterocycles. The summed E-state index contributed by atoms with van der Waals surface area (Å²) in [6.45, 7) is 3.00. The number of hydrogen-bond acceptors (Lipinski definition) is 5. The summed E-state index contributed by atoms with van der Waals surface area (Å²) < 4.78 is 16.3. The van der Waals surface area contributed by atoms with Crippen LogP contribution in [0, 0.1) is 0 Å². The Kier molecular flexibility index (Phi) is 4.67. The molecule has 0 aliphatic carbocycles. The lowest BCUT2D eigenvalue weighted by Crippen LogP contribution is -2.37. The van der Waals surface area contributed by atoms with Gasteiger partial charge >= 0.3 is 5.97 Å². The number of benzene rings is 2. The van der Waals surface area contributed by atoms with Crippen molar-refractivity contribution in [2.75, 3.05) is 7.11 Å². The van der Waals surface area contributed by atoms with E-state index in [-0.39, 0.29) is 0 Å². The first-order valence-electron chi connectivity index (χ1n) is 8.03. The van der Waals surface area contributed by atoms with Crippen LogP contribution in [0.1, 0.15) is 13.8 Å². The largest absolute Gasteiger partial charge is 0.496 e. The lowest BCUT2D eigenvalue weighted by molar-refractivity contribution is -0.152. The Bertz CT molecular complexity index is 912. The quantitative estimate of drug-likeness (QED) is 0.713. The van der Waals surface area contributed by atoms with Crippen LogP contribution in [0.3, 0.4) is 0 Å². The van der Waals surface area contributed by atoms with E-state index >= 15 is 0 Å². The molecule has 0 bridgehead atoms. The number of carboxylic acids is 1. The summed E-state index contributed by atoms with van der Waals surface area (Å²) in [5, 5.41) is 13.2. The van der Waals surface area contributed by atoms with E-state index in [9.17, 15) is 4.79 Å². The van der Waals surface area contributed by atoms with E-state index in [0.29, 0.717) is 23.0 Å². The average molecular weight is 353 g/mol. The highest BCUT2D eigenvalue weighted by molar-refractivity contribution is 5.77. The van der Waals surface area contributed by atoms with Gasteiger partial charge in [-0.1, -0.05) is 17.3 Å². The molecule has 0 amide bonds. The summed E-state index contributed by atoms with van der Waals surface area (Å²) in [6.07, 6.45) is 0. The van der Waals surface area contributed by atoms with Crippen LogP contribution < -0.4 is 9.47 Å². The van der Waals surface area contributed by atoms with Gasteiger partial charge in [-0.3, -0.25) is 0 Å². The number of rotatable bonds is 6. The summed E-state index contributed by atoms with van der Waals surface area (Å²) in [4.78, 5) is 11.1. The first kappa shape index (κ1) is 17.5. The Balaban J connectivity index is 1.83. The minimum Gasteiger partial charge on any atom is -0.496 e. The second kappa shape index (κ2) is 6.92. The normalized spacial score (nSPS) is 11.2. The van der Waals surface area contributed by atoms with E-state index in [4.69, 9.17) is 19.1 Å². The molecular weight excluding hydrogens is 334 g/mol. The van der Waals surface area contributed by atoms with Gasteiger partial charge in [0.1, 0.15) is 17.2 Å². The molecule has 1 aromatic heterocycles. The van der Waals surface area contributed by atoms with Crippen molar-refractivity contribution in [3.05, 3.63) is 54.6 Å². The molecule has 1 N–H and O–H groups in total. The molecule has 6 heteroatoms. The van der Waals surface area contributed by atoms with E-state index in [1.807, 2.05) is 30.3 Å². The molecule has 3 aromatic rings. The van der Waals surface area contributed by atoms with E-state index in [1.165, 1.54) is 13.8 Å². The highest BCUT2D eigenvalue weighted by atomic mass is 16.5. The number of para-hydroxylation sites is 1. The fourth-order valence-electron chi connectivity index (χ4n) is 2.42. The topological polar surface area (TPSA) is 81.8 Å². The smallest absolute Gasteiger partial charge is 0.347 e. The van der Waals surface area contributed by atoms with Crippen LogP contribution in [0.2, 0.25) is 0 Å². The zero-order valence-electron chi connectivity index (χ0n) is 14.7. The molecule has 0 spiro atoms. The second-order valence-electron chi connectivity index (χ2n) is 6.22. The molecular formula is C20H19NO5. The van der Waals surface area contributed by atoms with Crippen molar-refractivity contribution in [1.82, 2.24) is 5.16 Å². The van der Waals surface area contributed by atoms with Crippen molar-refractivity contribution in [1.29, 1.82) is 0 Å². The Morgan fingerprint density at radius 1 is 1.12 bits per heavy atom. The predicted octanol–water partition coefficient (Wildman–Crippen LogP) is 4.26. The minimum absolute atomic E-state index is 0.464. The number of carbonyl (C=O) groups is 1. The fourth-order valence-corrected chi connectivity index (χ4v) is 2.42. The van der Waals surface area contributed by atoms with Gasteiger partial charge in [-0.25, -0.2) is 4.79 Å². The molecule has 3 rings (SSSR count). The third-order valence-electron chi connectivity index (χ3n) is 3.92. The van der Waals surface area contributed by atoms with Crippen LogP contribution in [-0.4, -0.2) is 28.9 Å². The Morgan fingerprint density at radius 3 is 2.46 bits per heavy atom. The summed E-state index contributed by atoms with van der Waals surface area (Å²) in [5.74, 6) is 0.742. The second-order valence-corrected chi connectivity index (χ2v) is 6.22. The van der Waals surface area contributed by atoms with Gasteiger partial charge in [0.2, 0.25) is 0 Å². The Morgan fingerprint density at radius 2 is 1.81 bits per heavy atom. The zero-order chi connectivity index (χ0) is 18.7. The molecule has 0 aliphatic rings. The molecule has 0 radical (unpaired) electrons. The number of ether oxygens (including phenoxy) is 2. The number of nitrogens with zero attached hydrogens (tertiary/aromatic N) is 1. The summed E-state index contributed by atoms with van der Waals surface area (Å²) in [7, 11) is 1.61. The van der Waals surface area contributed by atoms with Crippen molar-refractivity contribution >= 4 is 5.97 Å². The highest BCUT2D eigenvalue weighted by Crippen LogP contribution is 2.32. The van der Waals surface area contributed by atoms with Gasteiger partial charge in [0, 0.05) is 17.2 Å². The van der Waals surface area contributed by atoms with Crippen LogP contribution in [0.4, 0.5) is 0 Å². The van der Waals surface area contributed by atoms with Crippen molar-refractivity contribution in [2.24, 2.45) is 0 Å². The van der Waals surface area contributed by atoms with E-state index in [1.54, 1.807) is 31.4 Å². The summed E-state index contributed by atoms with van der Waals surface area (Å²) >= 11 is 0. The number of methoxy groups -OCH3 is 1. The van der Waals surface area contributed by atoms with Crippen molar-refractivity contribution in [2.45, 2.75) is 19.4 Å². The van der Waals surface area contributed by atoms with Crippen LogP contribution in [-0.2, 0) is 4.79 Å². The van der Waals surface area contributed by atoms with Crippen molar-refractivity contribution < 1.29 is 23.9 Å². The number of hydrogen-bond donors (Lipinski definition) is 1. The van der Waals surface area contributed by atoms with Gasteiger partial charge in [-0.2, -0.15) is 0 Å². The third-order valence-corrected chi connectivity index (χ3v) is 3.92. The maximum atomic E-state index is 11.1. The lowest BCUT2D eigenvalue weighted by atomic mass is 10.1. The lowest BCUT2D eigenvalue weighted by Gasteiger charge is -2.21. The standard InChI is InChI=1S/C20H19NO5/c1-20(2,19(22)23)25-14-10-8-13(9-11-14)18-12-16(21-26-18)15-6-4-5-7-17(15)24-3/h4-12H,1-3H3,(H,22,23). The molecule has 6 nitrogen and oxygen atoms in total. The predicted molar refractivity (Wildman–Crippen MR) is 96.3 cm³/mol. The number of carboxylic acid groups (broad SMARTS) is 1. The molecule has 0 saturated heterocycles. The summed E-state index contributed by atoms with van der Waals surface area (Å²) in [6, 6.07) is 16.4. The van der Waals surface area contributed by atoms with Crippen LogP contribution >= 0.6 is 0 Å². The van der Waals surface area contributed by atoms with Gasteiger partial charge in [0.15, 0.2) is 11.4 Å². The molecule has 26 heavy (non-hydrogen) atoms. The molecule has 0 aliphatic heterocycles. The average Bonchev–Trinajstić information content (AvgIpc) is 3.12. The van der Waals surface area contributed by atoms with Gasteiger partial charge in [-0.15, -0.1) is 0 Å². The van der Waals surface area contributed by atoms with Gasteiger partial charge in [-0.05, 0) is 50.2 Å². The minimum atomic E-state index is -1.30. The van der Waals surface area contributed by atoms with Gasteiger partial charge < -0.3 is 19.1 Å². The van der Waals surface area contributed by atoms with Crippen LogP contribution in [0.15, 0.2) is 59.1 Å². The fraction of sp³-hybridized carbons (Fsp3) is 0.200. The highest BCUT2D eigenvalue weighted by Gasteiger charge is 2.29. The van der Waals surface area contributed by atoms with E-state index in [2.05, 4.69) is 5.16 Å². The number of aromatic nitrogens is 1. The van der Waals surface area contributed by atoms with Crippen molar-refractivity contribution in [3.63, 3.8) is 0 Å². The molecule has 2 aromatic carbocycles.